The van der Waals surface area contributed by atoms with Crippen LogP contribution >= 0.6 is 0 Å². The predicted molar refractivity (Wildman–Crippen MR) is 68.6 cm³/mol. The summed E-state index contributed by atoms with van der Waals surface area (Å²) >= 11 is 0. The second kappa shape index (κ2) is 5.45. The van der Waals surface area contributed by atoms with Crippen LogP contribution in [0.3, 0.4) is 0 Å². The maximum atomic E-state index is 12.4. The molecule has 1 unspecified atom stereocenters. The van der Waals surface area contributed by atoms with Crippen molar-refractivity contribution in [3.8, 4) is 0 Å². The van der Waals surface area contributed by atoms with Crippen molar-refractivity contribution in [2.45, 2.75) is 25.3 Å². The maximum absolute atomic E-state index is 12.4. The Hall–Kier alpha value is -0.810. The molecule has 0 radical (unpaired) electrons. The Morgan fingerprint density at radius 2 is 1.78 bits per heavy atom. The van der Waals surface area contributed by atoms with Crippen LogP contribution in [0.4, 0.5) is 4.79 Å². The first-order valence-corrected chi connectivity index (χ1v) is 7.20. The molecule has 5 heteroatoms. The fourth-order valence-corrected chi connectivity index (χ4v) is 3.28. The van der Waals surface area contributed by atoms with Gasteiger partial charge in [0.15, 0.2) is 0 Å². The first-order valence-electron chi connectivity index (χ1n) is 7.20. The molecule has 3 aliphatic rings. The van der Waals surface area contributed by atoms with Gasteiger partial charge in [0, 0.05) is 38.8 Å². The van der Waals surface area contributed by atoms with Crippen LogP contribution in [-0.2, 0) is 4.74 Å². The van der Waals surface area contributed by atoms with Gasteiger partial charge in [-0.2, -0.15) is 0 Å². The number of piperidine rings is 1. The Labute approximate surface area is 109 Å². The number of fused-ring (bicyclic) bond motifs is 1. The third-order valence-corrected chi connectivity index (χ3v) is 4.39. The van der Waals surface area contributed by atoms with Crippen molar-refractivity contribution in [2.75, 3.05) is 52.5 Å². The summed E-state index contributed by atoms with van der Waals surface area (Å²) in [5.74, 6) is 0. The van der Waals surface area contributed by atoms with Crippen molar-refractivity contribution < 1.29 is 9.53 Å². The van der Waals surface area contributed by atoms with Gasteiger partial charge in [0.25, 0.3) is 0 Å². The van der Waals surface area contributed by atoms with E-state index >= 15 is 0 Å². The van der Waals surface area contributed by atoms with E-state index in [1.807, 2.05) is 4.90 Å². The highest BCUT2D eigenvalue weighted by Gasteiger charge is 2.32. The predicted octanol–water partition coefficient (Wildman–Crippen LogP) is 0.609. The Bertz CT molecular complexity index is 305. The molecule has 102 valence electrons. The van der Waals surface area contributed by atoms with Gasteiger partial charge in [-0.05, 0) is 19.4 Å². The third-order valence-electron chi connectivity index (χ3n) is 4.39. The monoisotopic (exact) mass is 253 g/mol. The number of carbonyl (C=O) groups excluding carboxylic acids is 1. The molecule has 3 fully saturated rings. The number of piperazine rings is 1. The van der Waals surface area contributed by atoms with Crippen molar-refractivity contribution in [1.82, 2.24) is 14.7 Å². The summed E-state index contributed by atoms with van der Waals surface area (Å²) in [6.45, 7) is 6.99. The molecule has 0 aromatic carbocycles. The molecule has 0 aromatic heterocycles. The fourth-order valence-electron chi connectivity index (χ4n) is 3.28. The Balaban J connectivity index is 1.57. The van der Waals surface area contributed by atoms with Gasteiger partial charge >= 0.3 is 6.03 Å². The topological polar surface area (TPSA) is 36.0 Å². The van der Waals surface area contributed by atoms with Gasteiger partial charge in [0.1, 0.15) is 0 Å². The molecule has 2 amide bonds. The minimum atomic E-state index is 0.225. The van der Waals surface area contributed by atoms with E-state index < -0.39 is 0 Å². The summed E-state index contributed by atoms with van der Waals surface area (Å²) < 4.78 is 5.30. The Kier molecular flexibility index (Phi) is 3.70. The lowest BCUT2D eigenvalue weighted by molar-refractivity contribution is 0.0236. The molecule has 0 spiro atoms. The van der Waals surface area contributed by atoms with Crippen molar-refractivity contribution >= 4 is 6.03 Å². The van der Waals surface area contributed by atoms with Crippen molar-refractivity contribution in [2.24, 2.45) is 0 Å². The number of ether oxygens (including phenoxy) is 1. The summed E-state index contributed by atoms with van der Waals surface area (Å²) in [5.41, 5.74) is 0. The number of amides is 2. The fraction of sp³-hybridized carbons (Fsp3) is 0.923. The molecule has 0 bridgehead atoms. The lowest BCUT2D eigenvalue weighted by Gasteiger charge is -2.45. The Morgan fingerprint density at radius 3 is 2.61 bits per heavy atom. The minimum Gasteiger partial charge on any atom is -0.378 e. The van der Waals surface area contributed by atoms with E-state index in [0.717, 1.165) is 32.7 Å². The van der Waals surface area contributed by atoms with Gasteiger partial charge in [-0.25, -0.2) is 4.79 Å². The first kappa shape index (κ1) is 12.2. The van der Waals surface area contributed by atoms with Crippen LogP contribution in [0.25, 0.3) is 0 Å². The summed E-state index contributed by atoms with van der Waals surface area (Å²) in [6, 6.07) is 0.834. The van der Waals surface area contributed by atoms with Crippen molar-refractivity contribution in [1.29, 1.82) is 0 Å². The molecule has 3 saturated heterocycles. The molecule has 0 N–H and O–H groups in total. The lowest BCUT2D eigenvalue weighted by Crippen LogP contribution is -2.59. The molecule has 0 aromatic rings. The molecule has 3 heterocycles. The number of rotatable bonds is 0. The van der Waals surface area contributed by atoms with Crippen LogP contribution < -0.4 is 0 Å². The maximum Gasteiger partial charge on any atom is 0.320 e. The number of nitrogens with zero attached hydrogens (tertiary/aromatic N) is 3. The van der Waals surface area contributed by atoms with Crippen LogP contribution in [-0.4, -0.2) is 79.3 Å². The van der Waals surface area contributed by atoms with Crippen LogP contribution in [0.5, 0.6) is 0 Å². The van der Waals surface area contributed by atoms with Gasteiger partial charge in [-0.1, -0.05) is 6.42 Å². The van der Waals surface area contributed by atoms with Crippen LogP contribution in [0.15, 0.2) is 0 Å². The van der Waals surface area contributed by atoms with Crippen LogP contribution in [0.2, 0.25) is 0 Å². The SMILES string of the molecule is O=C(N1CCOCC1)N1CCN2CCCCC2C1. The van der Waals surface area contributed by atoms with E-state index in [1.54, 1.807) is 0 Å². The second-order valence-electron chi connectivity index (χ2n) is 5.51. The molecule has 5 nitrogen and oxygen atoms in total. The van der Waals surface area contributed by atoms with E-state index in [1.165, 1.54) is 25.8 Å². The van der Waals surface area contributed by atoms with Gasteiger partial charge in [-0.3, -0.25) is 4.90 Å². The molecule has 0 saturated carbocycles. The zero-order valence-electron chi connectivity index (χ0n) is 11.0. The van der Waals surface area contributed by atoms with Crippen molar-refractivity contribution in [3.05, 3.63) is 0 Å². The second-order valence-corrected chi connectivity index (χ2v) is 5.51. The molecule has 1 atom stereocenters. The number of urea groups is 1. The third kappa shape index (κ3) is 2.47. The summed E-state index contributed by atoms with van der Waals surface area (Å²) in [6.07, 6.45) is 3.90. The number of hydrogen-bond donors (Lipinski definition) is 0. The number of carbonyl (C=O) groups is 1. The van der Waals surface area contributed by atoms with E-state index in [0.29, 0.717) is 19.3 Å². The first-order chi connectivity index (χ1) is 8.84. The lowest BCUT2D eigenvalue weighted by atomic mass is 10.00. The normalized spacial score (nSPS) is 30.1. The van der Waals surface area contributed by atoms with Crippen LogP contribution in [0.1, 0.15) is 19.3 Å². The molecular weight excluding hydrogens is 230 g/mol. The highest BCUT2D eigenvalue weighted by molar-refractivity contribution is 5.74. The van der Waals surface area contributed by atoms with Gasteiger partial charge in [0.05, 0.1) is 13.2 Å². The van der Waals surface area contributed by atoms with E-state index in [9.17, 15) is 4.79 Å². The van der Waals surface area contributed by atoms with Gasteiger partial charge < -0.3 is 14.5 Å². The highest BCUT2D eigenvalue weighted by Crippen LogP contribution is 2.21. The van der Waals surface area contributed by atoms with Crippen molar-refractivity contribution in [3.63, 3.8) is 0 Å². The van der Waals surface area contributed by atoms with E-state index in [4.69, 9.17) is 4.74 Å². The average Bonchev–Trinajstić information content (AvgIpc) is 2.47. The summed E-state index contributed by atoms with van der Waals surface area (Å²) in [4.78, 5) is 19.0. The zero-order valence-corrected chi connectivity index (χ0v) is 11.0. The van der Waals surface area contributed by atoms with Gasteiger partial charge in [0.2, 0.25) is 0 Å². The zero-order chi connectivity index (χ0) is 12.4. The smallest absolute Gasteiger partial charge is 0.320 e. The van der Waals surface area contributed by atoms with E-state index in [-0.39, 0.29) is 6.03 Å². The number of morpholine rings is 1. The molecule has 3 rings (SSSR count). The van der Waals surface area contributed by atoms with E-state index in [2.05, 4.69) is 9.80 Å². The Morgan fingerprint density at radius 1 is 0.944 bits per heavy atom. The quantitative estimate of drug-likeness (QED) is 0.634. The number of hydrogen-bond acceptors (Lipinski definition) is 3. The molecule has 3 aliphatic heterocycles. The molecule has 18 heavy (non-hydrogen) atoms. The standard InChI is InChI=1S/C13H23N3O2/c17-13(15-7-9-18-10-8-15)16-6-5-14-4-2-1-3-12(14)11-16/h12H,1-11H2. The summed E-state index contributed by atoms with van der Waals surface area (Å²) in [7, 11) is 0. The molecule has 0 aliphatic carbocycles. The minimum absolute atomic E-state index is 0.225. The van der Waals surface area contributed by atoms with Gasteiger partial charge in [-0.15, -0.1) is 0 Å². The molecular formula is C13H23N3O2. The average molecular weight is 253 g/mol. The summed E-state index contributed by atoms with van der Waals surface area (Å²) in [5, 5.41) is 0. The highest BCUT2D eigenvalue weighted by atomic mass is 16.5. The van der Waals surface area contributed by atoms with Crippen LogP contribution in [0, 0.1) is 0 Å². The largest absolute Gasteiger partial charge is 0.378 e.